The monoisotopic (exact) mass is 542 g/mol. The third kappa shape index (κ3) is 5.91. The van der Waals surface area contributed by atoms with Crippen molar-refractivity contribution in [2.45, 2.75) is 62.8 Å². The predicted molar refractivity (Wildman–Crippen MR) is 155 cm³/mol. The van der Waals surface area contributed by atoms with Gasteiger partial charge in [-0.3, -0.25) is 9.59 Å². The van der Waals surface area contributed by atoms with E-state index in [1.807, 2.05) is 54.4 Å². The summed E-state index contributed by atoms with van der Waals surface area (Å²) < 4.78 is 21.7. The molecule has 1 aliphatic carbocycles. The van der Waals surface area contributed by atoms with Crippen LogP contribution >= 0.6 is 0 Å². The average molecular weight is 543 g/mol. The van der Waals surface area contributed by atoms with Gasteiger partial charge in [0.25, 0.3) is 5.91 Å². The highest BCUT2D eigenvalue weighted by Gasteiger charge is 2.47. The summed E-state index contributed by atoms with van der Waals surface area (Å²) in [7, 11) is 1.82. The number of hydrogen-bond donors (Lipinski definition) is 0. The molecule has 1 saturated carbocycles. The Hall–Kier alpha value is -3.67. The number of ether oxygens (including phenoxy) is 1. The first-order valence-electron chi connectivity index (χ1n) is 14.6. The first-order valence-corrected chi connectivity index (χ1v) is 14.6. The second-order valence-electron chi connectivity index (χ2n) is 11.2. The Balaban J connectivity index is 1.54. The number of carbonyl (C=O) groups excluding carboxylic acids is 2. The fourth-order valence-electron chi connectivity index (χ4n) is 6.37. The van der Waals surface area contributed by atoms with E-state index in [4.69, 9.17) is 4.74 Å². The van der Waals surface area contributed by atoms with Crippen molar-refractivity contribution in [3.63, 3.8) is 0 Å². The lowest BCUT2D eigenvalue weighted by molar-refractivity contribution is -0.140. The molecule has 40 heavy (non-hydrogen) atoms. The van der Waals surface area contributed by atoms with Gasteiger partial charge in [0.1, 0.15) is 18.2 Å². The quantitative estimate of drug-likeness (QED) is 0.383. The molecule has 0 unspecified atom stereocenters. The van der Waals surface area contributed by atoms with Gasteiger partial charge >= 0.3 is 0 Å². The normalized spacial score (nSPS) is 20.1. The van der Waals surface area contributed by atoms with E-state index in [0.29, 0.717) is 49.2 Å². The molecule has 3 aromatic carbocycles. The molecule has 5 nitrogen and oxygen atoms in total. The lowest BCUT2D eigenvalue weighted by atomic mass is 9.76. The van der Waals surface area contributed by atoms with Crippen LogP contribution in [0.5, 0.6) is 5.75 Å². The standard InChI is InChI=1S/C34H39FN2O3/c1-36-22-12-3-13-23-37(33(39)34(20-10-11-21-34)29-17-7-8-18-30(29)35)27(24-26-14-4-2-5-15-26)25-40-31-19-9-6-16-28(31)32(36)38/h2,4-9,14-19,27H,3,10-13,20-25H2,1H3/t27-/m1/s1. The molecule has 1 atom stereocenters. The van der Waals surface area contributed by atoms with Crippen molar-refractivity contribution in [1.82, 2.24) is 9.80 Å². The highest BCUT2D eigenvalue weighted by atomic mass is 19.1. The van der Waals surface area contributed by atoms with E-state index in [9.17, 15) is 9.59 Å². The van der Waals surface area contributed by atoms with Gasteiger partial charge in [-0.25, -0.2) is 4.39 Å². The molecule has 6 heteroatoms. The maximum absolute atomic E-state index is 15.3. The average Bonchev–Trinajstić information content (AvgIpc) is 3.48. The Morgan fingerprint density at radius 2 is 1.55 bits per heavy atom. The number of rotatable bonds is 4. The van der Waals surface area contributed by atoms with E-state index in [-0.39, 0.29) is 30.3 Å². The van der Waals surface area contributed by atoms with Crippen LogP contribution in [-0.2, 0) is 16.6 Å². The van der Waals surface area contributed by atoms with Gasteiger partial charge < -0.3 is 14.5 Å². The molecule has 2 amide bonds. The van der Waals surface area contributed by atoms with Crippen molar-refractivity contribution in [3.8, 4) is 5.75 Å². The van der Waals surface area contributed by atoms with Crippen LogP contribution in [0.2, 0.25) is 0 Å². The van der Waals surface area contributed by atoms with Gasteiger partial charge in [-0.2, -0.15) is 0 Å². The Labute approximate surface area is 236 Å². The summed E-state index contributed by atoms with van der Waals surface area (Å²) in [5.74, 6) is 0.145. The number of hydrogen-bond acceptors (Lipinski definition) is 3. The number of amides is 2. The van der Waals surface area contributed by atoms with E-state index < -0.39 is 5.41 Å². The maximum atomic E-state index is 15.3. The Bertz CT molecular complexity index is 1310. The molecule has 1 fully saturated rings. The highest BCUT2D eigenvalue weighted by molar-refractivity contribution is 5.96. The summed E-state index contributed by atoms with van der Waals surface area (Å²) in [5.41, 5.74) is 1.27. The van der Waals surface area contributed by atoms with Crippen LogP contribution in [0.1, 0.15) is 66.4 Å². The largest absolute Gasteiger partial charge is 0.491 e. The first-order chi connectivity index (χ1) is 19.5. The molecule has 0 bridgehead atoms. The third-order valence-corrected chi connectivity index (χ3v) is 8.56. The van der Waals surface area contributed by atoms with E-state index >= 15 is 4.39 Å². The van der Waals surface area contributed by atoms with Crippen molar-refractivity contribution >= 4 is 11.8 Å². The maximum Gasteiger partial charge on any atom is 0.257 e. The summed E-state index contributed by atoms with van der Waals surface area (Å²) in [6.45, 7) is 1.44. The number of nitrogens with zero attached hydrogens (tertiary/aromatic N) is 2. The topological polar surface area (TPSA) is 49.9 Å². The lowest BCUT2D eigenvalue weighted by Gasteiger charge is -2.39. The van der Waals surface area contributed by atoms with Crippen molar-refractivity contribution in [2.24, 2.45) is 0 Å². The van der Waals surface area contributed by atoms with Crippen molar-refractivity contribution in [2.75, 3.05) is 26.7 Å². The van der Waals surface area contributed by atoms with Crippen LogP contribution < -0.4 is 4.74 Å². The fraction of sp³-hybridized carbons (Fsp3) is 0.412. The summed E-state index contributed by atoms with van der Waals surface area (Å²) in [5, 5.41) is 0. The second-order valence-corrected chi connectivity index (χ2v) is 11.2. The fourth-order valence-corrected chi connectivity index (χ4v) is 6.37. The zero-order valence-corrected chi connectivity index (χ0v) is 23.4. The molecule has 0 N–H and O–H groups in total. The molecule has 1 heterocycles. The van der Waals surface area contributed by atoms with Gasteiger partial charge in [-0.15, -0.1) is 0 Å². The van der Waals surface area contributed by atoms with Crippen molar-refractivity contribution in [3.05, 3.63) is 101 Å². The van der Waals surface area contributed by atoms with Crippen LogP contribution in [0.25, 0.3) is 0 Å². The van der Waals surface area contributed by atoms with Crippen LogP contribution in [0.4, 0.5) is 4.39 Å². The Kier molecular flexibility index (Phi) is 8.83. The predicted octanol–water partition coefficient (Wildman–Crippen LogP) is 6.41. The molecule has 0 saturated heterocycles. The summed E-state index contributed by atoms with van der Waals surface area (Å²) in [6.07, 6.45) is 6.22. The minimum atomic E-state index is -0.873. The molecular formula is C34H39FN2O3. The minimum Gasteiger partial charge on any atom is -0.491 e. The van der Waals surface area contributed by atoms with Gasteiger partial charge in [0.05, 0.1) is 17.0 Å². The number of benzene rings is 3. The molecule has 0 radical (unpaired) electrons. The molecule has 3 aromatic rings. The van der Waals surface area contributed by atoms with Gasteiger partial charge in [0.15, 0.2) is 0 Å². The smallest absolute Gasteiger partial charge is 0.257 e. The summed E-state index contributed by atoms with van der Waals surface area (Å²) in [4.78, 5) is 31.7. The van der Waals surface area contributed by atoms with Gasteiger partial charge in [0, 0.05) is 25.7 Å². The van der Waals surface area contributed by atoms with Crippen LogP contribution in [0.15, 0.2) is 78.9 Å². The van der Waals surface area contributed by atoms with Crippen LogP contribution in [-0.4, -0.2) is 54.4 Å². The third-order valence-electron chi connectivity index (χ3n) is 8.56. The highest BCUT2D eigenvalue weighted by Crippen LogP contribution is 2.44. The molecule has 0 aromatic heterocycles. The Morgan fingerprint density at radius 1 is 0.875 bits per heavy atom. The van der Waals surface area contributed by atoms with E-state index in [1.54, 1.807) is 23.1 Å². The number of halogens is 1. The van der Waals surface area contributed by atoms with Crippen LogP contribution in [0.3, 0.4) is 0 Å². The number of fused-ring (bicyclic) bond motifs is 1. The lowest BCUT2D eigenvalue weighted by Crippen LogP contribution is -2.53. The minimum absolute atomic E-state index is 0.00372. The summed E-state index contributed by atoms with van der Waals surface area (Å²) >= 11 is 0. The number of para-hydroxylation sites is 1. The molecule has 210 valence electrons. The number of carbonyl (C=O) groups is 2. The van der Waals surface area contributed by atoms with Crippen molar-refractivity contribution in [1.29, 1.82) is 0 Å². The molecular weight excluding hydrogens is 503 g/mol. The van der Waals surface area contributed by atoms with Gasteiger partial charge in [-0.05, 0) is 62.3 Å². The van der Waals surface area contributed by atoms with Gasteiger partial charge in [-0.1, -0.05) is 73.5 Å². The molecule has 0 spiro atoms. The Morgan fingerprint density at radius 3 is 2.33 bits per heavy atom. The zero-order chi connectivity index (χ0) is 28.0. The van der Waals surface area contributed by atoms with E-state index in [0.717, 1.165) is 37.7 Å². The summed E-state index contributed by atoms with van der Waals surface area (Å²) in [6, 6.07) is 24.0. The second kappa shape index (κ2) is 12.7. The van der Waals surface area contributed by atoms with Crippen LogP contribution in [0, 0.1) is 5.82 Å². The SMILES string of the molecule is CN1CCCCCN(C(=O)C2(c3ccccc3F)CCCC2)[C@H](Cc2ccccc2)COc2ccccc2C1=O. The molecule has 1 aliphatic heterocycles. The molecule has 2 aliphatic rings. The van der Waals surface area contributed by atoms with E-state index in [2.05, 4.69) is 12.1 Å². The first kappa shape index (κ1) is 27.9. The van der Waals surface area contributed by atoms with Gasteiger partial charge in [0.2, 0.25) is 5.91 Å². The van der Waals surface area contributed by atoms with Crippen molar-refractivity contribution < 1.29 is 18.7 Å². The molecule has 5 rings (SSSR count). The zero-order valence-electron chi connectivity index (χ0n) is 23.4. The van der Waals surface area contributed by atoms with E-state index in [1.165, 1.54) is 6.07 Å².